The quantitative estimate of drug-likeness (QED) is 0.799. The highest BCUT2D eigenvalue weighted by Crippen LogP contribution is 2.23. The van der Waals surface area contributed by atoms with E-state index in [1.54, 1.807) is 12.3 Å². The van der Waals surface area contributed by atoms with Gasteiger partial charge in [-0.1, -0.05) is 20.3 Å². The van der Waals surface area contributed by atoms with Gasteiger partial charge in [-0.3, -0.25) is 0 Å². The lowest BCUT2D eigenvalue weighted by atomic mass is 9.97. The molecule has 1 heterocycles. The van der Waals surface area contributed by atoms with Crippen LogP contribution in [0.2, 0.25) is 0 Å². The third-order valence-corrected chi connectivity index (χ3v) is 2.38. The molecule has 78 valence electrons. The summed E-state index contributed by atoms with van der Waals surface area (Å²) in [5, 5.41) is 9.95. The van der Waals surface area contributed by atoms with Gasteiger partial charge in [-0.25, -0.2) is 9.97 Å². The molecule has 0 aliphatic heterocycles. The second-order valence-corrected chi connectivity index (χ2v) is 3.74. The highest BCUT2D eigenvalue weighted by molar-refractivity contribution is 5.05. The van der Waals surface area contributed by atoms with Crippen LogP contribution in [0.5, 0.6) is 0 Å². The van der Waals surface area contributed by atoms with E-state index >= 15 is 0 Å². The van der Waals surface area contributed by atoms with E-state index in [4.69, 9.17) is 0 Å². The standard InChI is InChI=1S/C11H18N2O/c1-4-5-8(2)11(14)10-6-7-12-9(3)13-10/h6-8,11,14H,4-5H2,1-3H3. The van der Waals surface area contributed by atoms with Crippen LogP contribution >= 0.6 is 0 Å². The first-order chi connectivity index (χ1) is 6.65. The van der Waals surface area contributed by atoms with Crippen molar-refractivity contribution in [2.24, 2.45) is 5.92 Å². The lowest BCUT2D eigenvalue weighted by Gasteiger charge is -2.17. The van der Waals surface area contributed by atoms with Gasteiger partial charge in [0.2, 0.25) is 0 Å². The average molecular weight is 194 g/mol. The Morgan fingerprint density at radius 3 is 2.79 bits per heavy atom. The predicted molar refractivity (Wildman–Crippen MR) is 55.8 cm³/mol. The molecule has 2 unspecified atom stereocenters. The number of nitrogens with zero attached hydrogens (tertiary/aromatic N) is 2. The monoisotopic (exact) mass is 194 g/mol. The van der Waals surface area contributed by atoms with E-state index in [1.165, 1.54) is 0 Å². The minimum absolute atomic E-state index is 0.259. The summed E-state index contributed by atoms with van der Waals surface area (Å²) in [6, 6.07) is 1.78. The molecule has 0 aliphatic rings. The lowest BCUT2D eigenvalue weighted by Crippen LogP contribution is -2.11. The smallest absolute Gasteiger partial charge is 0.125 e. The molecule has 1 N–H and O–H groups in total. The zero-order valence-electron chi connectivity index (χ0n) is 9.07. The molecular formula is C11H18N2O. The number of aliphatic hydroxyl groups excluding tert-OH is 1. The second-order valence-electron chi connectivity index (χ2n) is 3.74. The minimum atomic E-state index is -0.461. The number of aromatic nitrogens is 2. The molecule has 0 aromatic carbocycles. The van der Waals surface area contributed by atoms with E-state index in [-0.39, 0.29) is 5.92 Å². The molecule has 0 fully saturated rings. The van der Waals surface area contributed by atoms with Crippen molar-refractivity contribution in [2.75, 3.05) is 0 Å². The van der Waals surface area contributed by atoms with Crippen molar-refractivity contribution in [1.82, 2.24) is 9.97 Å². The number of hydrogen-bond donors (Lipinski definition) is 1. The van der Waals surface area contributed by atoms with Crippen LogP contribution in [0, 0.1) is 12.8 Å². The molecule has 3 nitrogen and oxygen atoms in total. The van der Waals surface area contributed by atoms with Gasteiger partial charge in [-0.2, -0.15) is 0 Å². The minimum Gasteiger partial charge on any atom is -0.387 e. The SMILES string of the molecule is CCCC(C)C(O)c1ccnc(C)n1. The van der Waals surface area contributed by atoms with Crippen molar-refractivity contribution in [3.63, 3.8) is 0 Å². The molecule has 0 radical (unpaired) electrons. The fourth-order valence-electron chi connectivity index (χ4n) is 1.54. The third-order valence-electron chi connectivity index (χ3n) is 2.38. The topological polar surface area (TPSA) is 46.0 Å². The molecular weight excluding hydrogens is 176 g/mol. The average Bonchev–Trinajstić information content (AvgIpc) is 2.17. The van der Waals surface area contributed by atoms with Crippen LogP contribution in [0.25, 0.3) is 0 Å². The van der Waals surface area contributed by atoms with E-state index in [9.17, 15) is 5.11 Å². The van der Waals surface area contributed by atoms with Crippen LogP contribution < -0.4 is 0 Å². The molecule has 3 heteroatoms. The van der Waals surface area contributed by atoms with Crippen LogP contribution in [-0.4, -0.2) is 15.1 Å². The van der Waals surface area contributed by atoms with Gasteiger partial charge in [0.25, 0.3) is 0 Å². The van der Waals surface area contributed by atoms with E-state index in [2.05, 4.69) is 16.9 Å². The van der Waals surface area contributed by atoms with Crippen molar-refractivity contribution < 1.29 is 5.11 Å². The van der Waals surface area contributed by atoms with Gasteiger partial charge in [-0.05, 0) is 25.3 Å². The maximum absolute atomic E-state index is 9.95. The summed E-state index contributed by atoms with van der Waals surface area (Å²) in [6.07, 6.45) is 3.34. The van der Waals surface area contributed by atoms with Crippen LogP contribution in [0.1, 0.15) is 44.3 Å². The second kappa shape index (κ2) is 5.05. The number of hydrogen-bond acceptors (Lipinski definition) is 3. The van der Waals surface area contributed by atoms with Gasteiger partial charge < -0.3 is 5.11 Å². The van der Waals surface area contributed by atoms with Gasteiger partial charge in [0.15, 0.2) is 0 Å². The zero-order chi connectivity index (χ0) is 10.6. The molecule has 14 heavy (non-hydrogen) atoms. The number of aliphatic hydroxyl groups is 1. The zero-order valence-corrected chi connectivity index (χ0v) is 9.07. The van der Waals surface area contributed by atoms with Crippen LogP contribution in [0.4, 0.5) is 0 Å². The molecule has 1 aromatic rings. The Balaban J connectivity index is 2.73. The maximum atomic E-state index is 9.95. The molecule has 1 rings (SSSR count). The van der Waals surface area contributed by atoms with Crippen molar-refractivity contribution in [3.8, 4) is 0 Å². The first-order valence-corrected chi connectivity index (χ1v) is 5.12. The lowest BCUT2D eigenvalue weighted by molar-refractivity contribution is 0.108. The Hall–Kier alpha value is -0.960. The molecule has 0 aliphatic carbocycles. The van der Waals surface area contributed by atoms with E-state index in [0.29, 0.717) is 5.82 Å². The summed E-state index contributed by atoms with van der Waals surface area (Å²) in [6.45, 7) is 6.00. The summed E-state index contributed by atoms with van der Waals surface area (Å²) < 4.78 is 0. The van der Waals surface area contributed by atoms with Crippen LogP contribution in [-0.2, 0) is 0 Å². The van der Waals surface area contributed by atoms with Crippen LogP contribution in [0.15, 0.2) is 12.3 Å². The van der Waals surface area contributed by atoms with Gasteiger partial charge in [-0.15, -0.1) is 0 Å². The Labute approximate surface area is 85.2 Å². The molecule has 0 spiro atoms. The Morgan fingerprint density at radius 1 is 1.50 bits per heavy atom. The fraction of sp³-hybridized carbons (Fsp3) is 0.636. The first-order valence-electron chi connectivity index (χ1n) is 5.12. The van der Waals surface area contributed by atoms with Gasteiger partial charge in [0, 0.05) is 6.20 Å². The third kappa shape index (κ3) is 2.77. The van der Waals surface area contributed by atoms with Crippen molar-refractivity contribution in [1.29, 1.82) is 0 Å². The molecule has 1 aromatic heterocycles. The summed E-state index contributed by atoms with van der Waals surface area (Å²) in [5.41, 5.74) is 0.735. The van der Waals surface area contributed by atoms with Crippen molar-refractivity contribution in [2.45, 2.75) is 39.7 Å². The number of rotatable bonds is 4. The molecule has 0 amide bonds. The molecule has 0 saturated heterocycles. The largest absolute Gasteiger partial charge is 0.387 e. The van der Waals surface area contributed by atoms with Gasteiger partial charge in [0.1, 0.15) is 5.82 Å². The molecule has 0 bridgehead atoms. The van der Waals surface area contributed by atoms with Crippen molar-refractivity contribution >= 4 is 0 Å². The summed E-state index contributed by atoms with van der Waals surface area (Å²) in [5.74, 6) is 0.972. The molecule has 2 atom stereocenters. The fourth-order valence-corrected chi connectivity index (χ4v) is 1.54. The van der Waals surface area contributed by atoms with E-state index < -0.39 is 6.10 Å². The van der Waals surface area contributed by atoms with Crippen LogP contribution in [0.3, 0.4) is 0 Å². The van der Waals surface area contributed by atoms with Gasteiger partial charge >= 0.3 is 0 Å². The first kappa shape index (κ1) is 11.1. The van der Waals surface area contributed by atoms with E-state index in [0.717, 1.165) is 18.5 Å². The Morgan fingerprint density at radius 2 is 2.21 bits per heavy atom. The normalized spacial score (nSPS) is 15.1. The summed E-state index contributed by atoms with van der Waals surface area (Å²) in [7, 11) is 0. The van der Waals surface area contributed by atoms with E-state index in [1.807, 2.05) is 13.8 Å². The summed E-state index contributed by atoms with van der Waals surface area (Å²) >= 11 is 0. The van der Waals surface area contributed by atoms with Gasteiger partial charge in [0.05, 0.1) is 11.8 Å². The Bertz CT molecular complexity index is 288. The van der Waals surface area contributed by atoms with Crippen molar-refractivity contribution in [3.05, 3.63) is 23.8 Å². The maximum Gasteiger partial charge on any atom is 0.125 e. The molecule has 0 saturated carbocycles. The predicted octanol–water partition coefficient (Wildman–Crippen LogP) is 2.25. The Kier molecular flexibility index (Phi) is 4.01. The summed E-state index contributed by atoms with van der Waals surface area (Å²) in [4.78, 5) is 8.22. The number of aryl methyl sites for hydroxylation is 1. The highest BCUT2D eigenvalue weighted by Gasteiger charge is 2.16. The highest BCUT2D eigenvalue weighted by atomic mass is 16.3.